The molecule has 108 valence electrons. The summed E-state index contributed by atoms with van der Waals surface area (Å²) in [6.45, 7) is -0.196. The van der Waals surface area contributed by atoms with Crippen molar-refractivity contribution in [3.63, 3.8) is 0 Å². The Morgan fingerprint density at radius 2 is 1.95 bits per heavy atom. The van der Waals surface area contributed by atoms with Crippen LogP contribution in [-0.4, -0.2) is 23.3 Å². The predicted molar refractivity (Wildman–Crippen MR) is 81.7 cm³/mol. The second-order valence-corrected chi connectivity index (χ2v) is 4.91. The molecule has 0 saturated carbocycles. The zero-order chi connectivity index (χ0) is 15.2. The largest absolute Gasteiger partial charge is 0.342 e. The third-order valence-electron chi connectivity index (χ3n) is 2.51. The van der Waals surface area contributed by atoms with Gasteiger partial charge in [-0.3, -0.25) is 14.6 Å². The Bertz CT molecular complexity index is 663. The molecular weight excluding hydrogens is 313 g/mol. The van der Waals surface area contributed by atoms with Crippen molar-refractivity contribution in [2.75, 3.05) is 11.9 Å². The Kier molecular flexibility index (Phi) is 5.14. The van der Waals surface area contributed by atoms with Crippen molar-refractivity contribution in [1.82, 2.24) is 10.3 Å². The molecule has 2 rings (SSSR count). The smallest absolute Gasteiger partial charge is 0.270 e. The molecule has 0 aliphatic heterocycles. The average Bonchev–Trinajstić information content (AvgIpc) is 2.49. The quantitative estimate of drug-likeness (QED) is 0.908. The molecule has 2 aromatic rings. The molecule has 0 aliphatic rings. The summed E-state index contributed by atoms with van der Waals surface area (Å²) in [6.07, 6.45) is 1.50. The Balaban J connectivity index is 1.91. The molecule has 7 heteroatoms. The van der Waals surface area contributed by atoms with Crippen molar-refractivity contribution in [1.29, 1.82) is 0 Å². The fourth-order valence-corrected chi connectivity index (χ4v) is 1.87. The molecule has 0 radical (unpaired) electrons. The first-order valence-electron chi connectivity index (χ1n) is 6.00. The summed E-state index contributed by atoms with van der Waals surface area (Å²) in [7, 11) is 0. The third kappa shape index (κ3) is 4.44. The number of halogens is 2. The normalized spacial score (nSPS) is 10.0. The Hall–Kier alpha value is -2.11. The van der Waals surface area contributed by atoms with E-state index in [9.17, 15) is 9.59 Å². The van der Waals surface area contributed by atoms with Crippen LogP contribution in [0.15, 0.2) is 42.6 Å². The van der Waals surface area contributed by atoms with Crippen LogP contribution in [0.5, 0.6) is 0 Å². The Morgan fingerprint density at radius 3 is 2.67 bits per heavy atom. The van der Waals surface area contributed by atoms with Gasteiger partial charge in [-0.15, -0.1) is 0 Å². The number of nitrogens with one attached hydrogen (secondary N) is 2. The molecule has 0 bridgehead atoms. The van der Waals surface area contributed by atoms with Gasteiger partial charge in [0.05, 0.1) is 17.3 Å². The van der Waals surface area contributed by atoms with E-state index in [0.717, 1.165) is 0 Å². The van der Waals surface area contributed by atoms with E-state index in [2.05, 4.69) is 15.6 Å². The second-order valence-electron chi connectivity index (χ2n) is 4.07. The van der Waals surface area contributed by atoms with Crippen molar-refractivity contribution in [2.24, 2.45) is 0 Å². The number of aromatic nitrogens is 1. The molecule has 1 aromatic heterocycles. The lowest BCUT2D eigenvalue weighted by atomic mass is 10.3. The molecule has 2 amide bonds. The number of benzene rings is 1. The first-order valence-corrected chi connectivity index (χ1v) is 6.76. The summed E-state index contributed by atoms with van der Waals surface area (Å²) in [5, 5.41) is 5.85. The van der Waals surface area contributed by atoms with Gasteiger partial charge >= 0.3 is 0 Å². The first-order chi connectivity index (χ1) is 10.1. The van der Waals surface area contributed by atoms with E-state index >= 15 is 0 Å². The SMILES string of the molecule is O=C(CNC(=O)c1ccccn1)Nc1cc(Cl)ccc1Cl. The predicted octanol–water partition coefficient (Wildman–Crippen LogP) is 2.76. The second kappa shape index (κ2) is 7.06. The maximum atomic E-state index is 11.8. The molecule has 0 fully saturated rings. The van der Waals surface area contributed by atoms with Crippen LogP contribution in [-0.2, 0) is 4.79 Å². The number of carbonyl (C=O) groups is 2. The van der Waals surface area contributed by atoms with Crippen molar-refractivity contribution in [3.05, 3.63) is 58.3 Å². The standard InChI is InChI=1S/C14H11Cl2N3O2/c15-9-4-5-10(16)12(7-9)19-13(20)8-18-14(21)11-3-1-2-6-17-11/h1-7H,8H2,(H,18,21)(H,19,20). The van der Waals surface area contributed by atoms with E-state index in [0.29, 0.717) is 15.7 Å². The van der Waals surface area contributed by atoms with Crippen LogP contribution in [0.4, 0.5) is 5.69 Å². The summed E-state index contributed by atoms with van der Waals surface area (Å²) in [4.78, 5) is 27.4. The topological polar surface area (TPSA) is 71.1 Å². The molecule has 2 N–H and O–H groups in total. The van der Waals surface area contributed by atoms with Crippen molar-refractivity contribution >= 4 is 40.7 Å². The molecule has 0 unspecified atom stereocenters. The van der Waals surface area contributed by atoms with Gasteiger partial charge in [0.1, 0.15) is 5.69 Å². The van der Waals surface area contributed by atoms with Crippen LogP contribution in [0.3, 0.4) is 0 Å². The minimum atomic E-state index is -0.428. The van der Waals surface area contributed by atoms with E-state index in [4.69, 9.17) is 23.2 Å². The lowest BCUT2D eigenvalue weighted by molar-refractivity contribution is -0.115. The van der Waals surface area contributed by atoms with Crippen molar-refractivity contribution in [2.45, 2.75) is 0 Å². The third-order valence-corrected chi connectivity index (χ3v) is 3.07. The molecule has 1 heterocycles. The first kappa shape index (κ1) is 15.3. The maximum absolute atomic E-state index is 11.8. The number of carbonyl (C=O) groups excluding carboxylic acids is 2. The number of hydrogen-bond donors (Lipinski definition) is 2. The zero-order valence-corrected chi connectivity index (χ0v) is 12.3. The van der Waals surface area contributed by atoms with E-state index in [1.165, 1.54) is 12.3 Å². The summed E-state index contributed by atoms with van der Waals surface area (Å²) in [5.74, 6) is -0.841. The van der Waals surface area contributed by atoms with E-state index in [1.807, 2.05) is 0 Å². The lowest BCUT2D eigenvalue weighted by Gasteiger charge is -2.08. The number of pyridine rings is 1. The molecule has 5 nitrogen and oxygen atoms in total. The summed E-state index contributed by atoms with van der Waals surface area (Å²) in [5.41, 5.74) is 0.632. The maximum Gasteiger partial charge on any atom is 0.270 e. The van der Waals surface area contributed by atoms with Gasteiger partial charge in [0.25, 0.3) is 5.91 Å². The van der Waals surface area contributed by atoms with Gasteiger partial charge in [-0.1, -0.05) is 29.3 Å². The number of nitrogens with zero attached hydrogens (tertiary/aromatic N) is 1. The van der Waals surface area contributed by atoms with Crippen LogP contribution in [0.25, 0.3) is 0 Å². The highest BCUT2D eigenvalue weighted by atomic mass is 35.5. The number of hydrogen-bond acceptors (Lipinski definition) is 3. The number of anilines is 1. The fraction of sp³-hybridized carbons (Fsp3) is 0.0714. The van der Waals surface area contributed by atoms with Crippen LogP contribution in [0.2, 0.25) is 10.0 Å². The van der Waals surface area contributed by atoms with Gasteiger partial charge in [-0.2, -0.15) is 0 Å². The zero-order valence-electron chi connectivity index (χ0n) is 10.8. The Morgan fingerprint density at radius 1 is 1.14 bits per heavy atom. The molecular formula is C14H11Cl2N3O2. The van der Waals surface area contributed by atoms with Gasteiger partial charge < -0.3 is 10.6 Å². The highest BCUT2D eigenvalue weighted by Crippen LogP contribution is 2.25. The lowest BCUT2D eigenvalue weighted by Crippen LogP contribution is -2.33. The van der Waals surface area contributed by atoms with Crippen molar-refractivity contribution in [3.8, 4) is 0 Å². The average molecular weight is 324 g/mol. The van der Waals surface area contributed by atoms with Crippen LogP contribution >= 0.6 is 23.2 Å². The van der Waals surface area contributed by atoms with Gasteiger partial charge in [0, 0.05) is 11.2 Å². The van der Waals surface area contributed by atoms with E-state index < -0.39 is 11.8 Å². The van der Waals surface area contributed by atoms with E-state index in [1.54, 1.807) is 30.3 Å². The van der Waals surface area contributed by atoms with Crippen LogP contribution in [0, 0.1) is 0 Å². The van der Waals surface area contributed by atoms with Crippen molar-refractivity contribution < 1.29 is 9.59 Å². The number of amides is 2. The van der Waals surface area contributed by atoms with Gasteiger partial charge in [0.2, 0.25) is 5.91 Å². The van der Waals surface area contributed by atoms with E-state index in [-0.39, 0.29) is 12.2 Å². The number of rotatable bonds is 4. The monoisotopic (exact) mass is 323 g/mol. The highest BCUT2D eigenvalue weighted by molar-refractivity contribution is 6.35. The molecule has 0 aliphatic carbocycles. The fourth-order valence-electron chi connectivity index (χ4n) is 1.54. The molecule has 0 spiro atoms. The van der Waals surface area contributed by atoms with Crippen LogP contribution < -0.4 is 10.6 Å². The van der Waals surface area contributed by atoms with Gasteiger partial charge in [0.15, 0.2) is 0 Å². The molecule has 21 heavy (non-hydrogen) atoms. The summed E-state index contributed by atoms with van der Waals surface area (Å²) < 4.78 is 0. The molecule has 0 saturated heterocycles. The minimum Gasteiger partial charge on any atom is -0.342 e. The summed E-state index contributed by atoms with van der Waals surface area (Å²) in [6, 6.07) is 9.66. The van der Waals surface area contributed by atoms with Gasteiger partial charge in [-0.25, -0.2) is 0 Å². The highest BCUT2D eigenvalue weighted by Gasteiger charge is 2.10. The minimum absolute atomic E-state index is 0.196. The van der Waals surface area contributed by atoms with Crippen LogP contribution in [0.1, 0.15) is 10.5 Å². The molecule has 0 atom stereocenters. The van der Waals surface area contributed by atoms with Gasteiger partial charge in [-0.05, 0) is 30.3 Å². The summed E-state index contributed by atoms with van der Waals surface area (Å²) >= 11 is 11.7. The molecule has 1 aromatic carbocycles. The Labute approximate surface area is 131 Å².